The molecule has 0 fully saturated rings. The van der Waals surface area contributed by atoms with E-state index in [-0.39, 0.29) is 23.7 Å². The molecule has 192 valence electrons. The first kappa shape index (κ1) is 24.0. The number of fused-ring (bicyclic) bond motifs is 3. The summed E-state index contributed by atoms with van der Waals surface area (Å²) in [7, 11) is 0. The summed E-state index contributed by atoms with van der Waals surface area (Å²) < 4.78 is 30.7. The Bertz CT molecular complexity index is 1580. The van der Waals surface area contributed by atoms with Crippen LogP contribution < -0.4 is 4.90 Å². The van der Waals surface area contributed by atoms with E-state index in [1.807, 2.05) is 68.1 Å². The molecule has 4 heterocycles. The number of aromatic nitrogens is 3. The van der Waals surface area contributed by atoms with Crippen LogP contribution in [0.1, 0.15) is 36.8 Å². The van der Waals surface area contributed by atoms with Crippen LogP contribution in [-0.4, -0.2) is 49.9 Å². The van der Waals surface area contributed by atoms with E-state index < -0.39 is 17.2 Å². The quantitative estimate of drug-likeness (QED) is 0.361. The molecule has 9 heteroatoms. The Labute approximate surface area is 219 Å². The van der Waals surface area contributed by atoms with Crippen molar-refractivity contribution in [3.05, 3.63) is 89.8 Å². The Morgan fingerprint density at radius 1 is 1.00 bits per heavy atom. The number of benzene rings is 2. The summed E-state index contributed by atoms with van der Waals surface area (Å²) in [6.45, 7) is 6.80. The van der Waals surface area contributed by atoms with Crippen molar-refractivity contribution in [1.29, 1.82) is 0 Å². The molecule has 2 aliphatic rings. The van der Waals surface area contributed by atoms with E-state index in [0.717, 1.165) is 23.4 Å². The lowest BCUT2D eigenvalue weighted by Gasteiger charge is -2.34. The molecule has 0 aliphatic carbocycles. The van der Waals surface area contributed by atoms with Crippen molar-refractivity contribution in [2.24, 2.45) is 4.99 Å². The SMILES string of the molecule is CCN1C(=O)c2nc(-c3ccc(-c4ccccc4)nc3)n(Cc3cc(F)ccc3F)c2N2CC(C)(C)N=C12. The molecule has 0 unspecified atom stereocenters. The molecule has 4 aromatic rings. The molecule has 0 spiro atoms. The molecular weight excluding hydrogens is 486 g/mol. The van der Waals surface area contributed by atoms with E-state index in [1.165, 1.54) is 6.07 Å². The van der Waals surface area contributed by atoms with Crippen LogP contribution in [0.3, 0.4) is 0 Å². The van der Waals surface area contributed by atoms with Gasteiger partial charge in [0.1, 0.15) is 23.3 Å². The lowest BCUT2D eigenvalue weighted by Crippen LogP contribution is -2.51. The maximum atomic E-state index is 14.8. The summed E-state index contributed by atoms with van der Waals surface area (Å²) in [5, 5.41) is 0. The average Bonchev–Trinajstić information content (AvgIpc) is 3.44. The second-order valence-electron chi connectivity index (χ2n) is 10.1. The summed E-state index contributed by atoms with van der Waals surface area (Å²) in [5.41, 5.74) is 2.38. The van der Waals surface area contributed by atoms with Gasteiger partial charge in [-0.3, -0.25) is 19.6 Å². The first-order valence-electron chi connectivity index (χ1n) is 12.5. The topological polar surface area (TPSA) is 66.6 Å². The smallest absolute Gasteiger partial charge is 0.283 e. The van der Waals surface area contributed by atoms with E-state index in [1.54, 1.807) is 15.7 Å². The highest BCUT2D eigenvalue weighted by molar-refractivity contribution is 6.18. The van der Waals surface area contributed by atoms with Crippen molar-refractivity contribution in [2.75, 3.05) is 18.0 Å². The number of nitrogens with zero attached hydrogens (tertiary/aromatic N) is 6. The number of aliphatic imine (C=N–C) groups is 1. The van der Waals surface area contributed by atoms with Crippen LogP contribution in [0.5, 0.6) is 0 Å². The molecule has 1 amide bonds. The predicted octanol–water partition coefficient (Wildman–Crippen LogP) is 5.37. The van der Waals surface area contributed by atoms with Crippen molar-refractivity contribution in [1.82, 2.24) is 19.4 Å². The van der Waals surface area contributed by atoms with E-state index in [9.17, 15) is 13.6 Å². The Morgan fingerprint density at radius 2 is 1.79 bits per heavy atom. The van der Waals surface area contributed by atoms with E-state index in [4.69, 9.17) is 9.98 Å². The van der Waals surface area contributed by atoms with E-state index >= 15 is 0 Å². The lowest BCUT2D eigenvalue weighted by atomic mass is 10.1. The minimum absolute atomic E-state index is 0.0225. The van der Waals surface area contributed by atoms with Gasteiger partial charge in [-0.05, 0) is 51.1 Å². The third kappa shape index (κ3) is 3.95. The Morgan fingerprint density at radius 3 is 2.50 bits per heavy atom. The van der Waals surface area contributed by atoms with Gasteiger partial charge in [-0.25, -0.2) is 18.8 Å². The summed E-state index contributed by atoms with van der Waals surface area (Å²) in [6, 6.07) is 16.9. The number of pyridine rings is 1. The summed E-state index contributed by atoms with van der Waals surface area (Å²) in [5.74, 6) is 0.161. The Balaban J connectivity index is 1.53. The van der Waals surface area contributed by atoms with Gasteiger partial charge in [-0.2, -0.15) is 0 Å². The van der Waals surface area contributed by atoms with Gasteiger partial charge in [-0.1, -0.05) is 30.3 Å². The fraction of sp³-hybridized carbons (Fsp3) is 0.241. The number of guanidine groups is 1. The first-order chi connectivity index (χ1) is 18.3. The molecule has 2 aromatic carbocycles. The van der Waals surface area contributed by atoms with Crippen LogP contribution in [0.2, 0.25) is 0 Å². The molecule has 7 nitrogen and oxygen atoms in total. The van der Waals surface area contributed by atoms with Gasteiger partial charge in [0.15, 0.2) is 5.69 Å². The van der Waals surface area contributed by atoms with Gasteiger partial charge < -0.3 is 4.57 Å². The van der Waals surface area contributed by atoms with Crippen LogP contribution in [0.15, 0.2) is 71.9 Å². The highest BCUT2D eigenvalue weighted by atomic mass is 19.1. The number of rotatable bonds is 5. The molecule has 0 bridgehead atoms. The molecule has 0 atom stereocenters. The van der Waals surface area contributed by atoms with Crippen LogP contribution in [0.4, 0.5) is 14.6 Å². The van der Waals surface area contributed by atoms with Gasteiger partial charge in [0.2, 0.25) is 5.96 Å². The number of halogens is 2. The number of imidazole rings is 1. The average molecular weight is 513 g/mol. The third-order valence-electron chi connectivity index (χ3n) is 6.82. The zero-order valence-electron chi connectivity index (χ0n) is 21.3. The number of anilines is 1. The molecule has 2 aliphatic heterocycles. The summed E-state index contributed by atoms with van der Waals surface area (Å²) in [4.78, 5) is 31.4. The van der Waals surface area contributed by atoms with Gasteiger partial charge in [0.25, 0.3) is 5.91 Å². The van der Waals surface area contributed by atoms with Gasteiger partial charge in [0.05, 0.1) is 24.3 Å². The fourth-order valence-corrected chi connectivity index (χ4v) is 5.08. The molecule has 0 saturated carbocycles. The molecule has 0 saturated heterocycles. The van der Waals surface area contributed by atoms with Crippen molar-refractivity contribution >= 4 is 17.7 Å². The zero-order chi connectivity index (χ0) is 26.6. The lowest BCUT2D eigenvalue weighted by molar-refractivity contribution is 0.0841. The predicted molar refractivity (Wildman–Crippen MR) is 142 cm³/mol. The zero-order valence-corrected chi connectivity index (χ0v) is 21.3. The summed E-state index contributed by atoms with van der Waals surface area (Å²) >= 11 is 0. The number of hydrogen-bond acceptors (Lipinski definition) is 5. The second-order valence-corrected chi connectivity index (χ2v) is 10.1. The second kappa shape index (κ2) is 8.86. The van der Waals surface area contributed by atoms with Crippen molar-refractivity contribution < 1.29 is 13.6 Å². The van der Waals surface area contributed by atoms with Crippen LogP contribution in [-0.2, 0) is 6.54 Å². The van der Waals surface area contributed by atoms with Gasteiger partial charge >= 0.3 is 0 Å². The molecule has 2 aromatic heterocycles. The molecular formula is C29H26F2N6O. The van der Waals surface area contributed by atoms with Crippen LogP contribution in [0, 0.1) is 11.6 Å². The van der Waals surface area contributed by atoms with Crippen LogP contribution >= 0.6 is 0 Å². The van der Waals surface area contributed by atoms with Crippen molar-refractivity contribution in [3.63, 3.8) is 0 Å². The first-order valence-corrected chi connectivity index (χ1v) is 12.5. The minimum atomic E-state index is -0.538. The maximum Gasteiger partial charge on any atom is 0.283 e. The number of amides is 1. The summed E-state index contributed by atoms with van der Waals surface area (Å²) in [6.07, 6.45) is 1.69. The molecule has 0 radical (unpaired) electrons. The Hall–Kier alpha value is -4.40. The Kier molecular flexibility index (Phi) is 5.59. The van der Waals surface area contributed by atoms with E-state index in [2.05, 4.69) is 4.98 Å². The van der Waals surface area contributed by atoms with Gasteiger partial charge in [0, 0.05) is 29.4 Å². The standard InChI is InChI=1S/C29H26F2N6O/c1-4-35-27(38)24-26(37-17-29(2,3)34-28(35)37)36(16-20-14-21(30)11-12-22(20)31)25(33-24)19-10-13-23(32-15-19)18-8-6-5-7-9-18/h5-15H,4,16-17H2,1-3H3. The van der Waals surface area contributed by atoms with E-state index in [0.29, 0.717) is 36.3 Å². The molecule has 0 N–H and O–H groups in total. The van der Waals surface area contributed by atoms with Crippen molar-refractivity contribution in [3.8, 4) is 22.6 Å². The number of carbonyl (C=O) groups is 1. The fourth-order valence-electron chi connectivity index (χ4n) is 5.08. The minimum Gasteiger partial charge on any atom is -0.305 e. The van der Waals surface area contributed by atoms with Crippen molar-refractivity contribution in [2.45, 2.75) is 32.9 Å². The largest absolute Gasteiger partial charge is 0.305 e. The maximum absolute atomic E-state index is 14.8. The van der Waals surface area contributed by atoms with Crippen LogP contribution in [0.25, 0.3) is 22.6 Å². The normalized spacial score (nSPS) is 15.9. The number of carbonyl (C=O) groups excluding carboxylic acids is 1. The van der Waals surface area contributed by atoms with Gasteiger partial charge in [-0.15, -0.1) is 0 Å². The highest BCUT2D eigenvalue weighted by Gasteiger charge is 2.45. The molecule has 6 rings (SSSR count). The monoisotopic (exact) mass is 512 g/mol. The number of hydrogen-bond donors (Lipinski definition) is 0. The molecule has 38 heavy (non-hydrogen) atoms. The third-order valence-corrected chi connectivity index (χ3v) is 6.82. The highest BCUT2D eigenvalue weighted by Crippen LogP contribution is 2.39.